The van der Waals surface area contributed by atoms with Crippen LogP contribution in [-0.4, -0.2) is 19.3 Å². The van der Waals surface area contributed by atoms with E-state index in [1.54, 1.807) is 0 Å². The molecule has 2 rings (SSSR count). The summed E-state index contributed by atoms with van der Waals surface area (Å²) in [7, 11) is 0. The maximum absolute atomic E-state index is 6.21. The molecule has 0 radical (unpaired) electrons. The zero-order chi connectivity index (χ0) is 13.9. The van der Waals surface area contributed by atoms with Crippen LogP contribution in [0.5, 0.6) is 11.5 Å². The van der Waals surface area contributed by atoms with Gasteiger partial charge in [0.05, 0.1) is 13.2 Å². The minimum Gasteiger partial charge on any atom is -0.490 e. The van der Waals surface area contributed by atoms with Crippen molar-refractivity contribution >= 4 is 0 Å². The predicted molar refractivity (Wildman–Crippen MR) is 77.8 cm³/mol. The molecular weight excluding hydrogens is 238 g/mol. The van der Waals surface area contributed by atoms with Crippen LogP contribution >= 0.6 is 0 Å². The Balaban J connectivity index is 2.00. The van der Waals surface area contributed by atoms with Crippen molar-refractivity contribution in [3.05, 3.63) is 23.8 Å². The van der Waals surface area contributed by atoms with Crippen LogP contribution in [0.2, 0.25) is 0 Å². The van der Waals surface area contributed by atoms with Crippen LogP contribution in [0, 0.1) is 5.41 Å². The second-order valence-corrected chi connectivity index (χ2v) is 6.34. The molecule has 0 fully saturated rings. The van der Waals surface area contributed by atoms with E-state index in [1.165, 1.54) is 5.56 Å². The van der Waals surface area contributed by atoms with Crippen LogP contribution in [0.1, 0.15) is 39.2 Å². The van der Waals surface area contributed by atoms with E-state index in [2.05, 4.69) is 32.9 Å². The first kappa shape index (κ1) is 14.2. The van der Waals surface area contributed by atoms with E-state index in [0.29, 0.717) is 0 Å². The molecule has 19 heavy (non-hydrogen) atoms. The largest absolute Gasteiger partial charge is 0.490 e. The minimum atomic E-state index is 0.158. The number of hydrogen-bond donors (Lipinski definition) is 1. The molecule has 0 spiro atoms. The molecule has 1 aliphatic heterocycles. The van der Waals surface area contributed by atoms with Crippen molar-refractivity contribution in [2.75, 3.05) is 13.2 Å². The summed E-state index contributed by atoms with van der Waals surface area (Å²) in [6.45, 7) is 8.03. The fourth-order valence-electron chi connectivity index (χ4n) is 2.12. The normalized spacial score (nSPS) is 16.8. The van der Waals surface area contributed by atoms with Gasteiger partial charge in [0.1, 0.15) is 0 Å². The smallest absolute Gasteiger partial charge is 0.161 e. The van der Waals surface area contributed by atoms with Gasteiger partial charge in [-0.05, 0) is 36.0 Å². The van der Waals surface area contributed by atoms with E-state index in [4.69, 9.17) is 15.2 Å². The van der Waals surface area contributed by atoms with Crippen LogP contribution in [0.15, 0.2) is 18.2 Å². The minimum absolute atomic E-state index is 0.158. The van der Waals surface area contributed by atoms with Crippen molar-refractivity contribution in [1.82, 2.24) is 0 Å². The molecule has 3 nitrogen and oxygen atoms in total. The Morgan fingerprint density at radius 2 is 1.84 bits per heavy atom. The van der Waals surface area contributed by atoms with E-state index in [9.17, 15) is 0 Å². The standard InChI is InChI=1S/C16H25NO2/c1-16(2,3)15(17)8-6-12-5-7-13-14(11-12)19-10-4-9-18-13/h5,7,11,15H,4,6,8-10,17H2,1-3H3. The quantitative estimate of drug-likeness (QED) is 0.911. The summed E-state index contributed by atoms with van der Waals surface area (Å²) in [5, 5.41) is 0. The second kappa shape index (κ2) is 5.83. The number of rotatable bonds is 3. The molecule has 0 saturated heterocycles. The fraction of sp³-hybridized carbons (Fsp3) is 0.625. The van der Waals surface area contributed by atoms with Gasteiger partial charge in [0, 0.05) is 12.5 Å². The summed E-state index contributed by atoms with van der Waals surface area (Å²) < 4.78 is 11.3. The van der Waals surface area contributed by atoms with Crippen molar-refractivity contribution in [3.63, 3.8) is 0 Å². The Kier molecular flexibility index (Phi) is 4.35. The highest BCUT2D eigenvalue weighted by atomic mass is 16.5. The van der Waals surface area contributed by atoms with Crippen LogP contribution in [-0.2, 0) is 6.42 Å². The molecule has 0 aromatic heterocycles. The van der Waals surface area contributed by atoms with Gasteiger partial charge in [0.25, 0.3) is 0 Å². The maximum atomic E-state index is 6.21. The van der Waals surface area contributed by atoms with Gasteiger partial charge in [-0.3, -0.25) is 0 Å². The average molecular weight is 263 g/mol. The highest BCUT2D eigenvalue weighted by Gasteiger charge is 2.20. The Labute approximate surface area is 116 Å². The van der Waals surface area contributed by atoms with Crippen molar-refractivity contribution in [3.8, 4) is 11.5 Å². The Bertz CT molecular complexity index is 423. The van der Waals surface area contributed by atoms with Gasteiger partial charge in [0.2, 0.25) is 0 Å². The molecule has 1 heterocycles. The van der Waals surface area contributed by atoms with Gasteiger partial charge >= 0.3 is 0 Å². The van der Waals surface area contributed by atoms with E-state index in [0.717, 1.165) is 44.0 Å². The SMILES string of the molecule is CC(C)(C)C(N)CCc1ccc2c(c1)OCCCO2. The first-order valence-electron chi connectivity index (χ1n) is 7.11. The van der Waals surface area contributed by atoms with E-state index in [-0.39, 0.29) is 11.5 Å². The molecule has 2 N–H and O–H groups in total. The lowest BCUT2D eigenvalue weighted by atomic mass is 9.84. The zero-order valence-corrected chi connectivity index (χ0v) is 12.2. The van der Waals surface area contributed by atoms with Crippen LogP contribution in [0.3, 0.4) is 0 Å². The average Bonchev–Trinajstić information content (AvgIpc) is 2.59. The van der Waals surface area contributed by atoms with Crippen molar-refractivity contribution < 1.29 is 9.47 Å². The first-order chi connectivity index (χ1) is 8.97. The summed E-state index contributed by atoms with van der Waals surface area (Å²) in [6.07, 6.45) is 2.91. The molecule has 3 heteroatoms. The van der Waals surface area contributed by atoms with Crippen molar-refractivity contribution in [1.29, 1.82) is 0 Å². The van der Waals surface area contributed by atoms with Gasteiger partial charge in [-0.25, -0.2) is 0 Å². The Morgan fingerprint density at radius 1 is 1.16 bits per heavy atom. The van der Waals surface area contributed by atoms with Crippen molar-refractivity contribution in [2.24, 2.45) is 11.1 Å². The molecular formula is C16H25NO2. The maximum Gasteiger partial charge on any atom is 0.161 e. The number of hydrogen-bond acceptors (Lipinski definition) is 3. The van der Waals surface area contributed by atoms with Gasteiger partial charge in [-0.1, -0.05) is 26.8 Å². The molecule has 1 aliphatic rings. The topological polar surface area (TPSA) is 44.5 Å². The van der Waals surface area contributed by atoms with E-state index in [1.807, 2.05) is 6.07 Å². The van der Waals surface area contributed by atoms with Crippen LogP contribution < -0.4 is 15.2 Å². The van der Waals surface area contributed by atoms with E-state index >= 15 is 0 Å². The summed E-state index contributed by atoms with van der Waals surface area (Å²) >= 11 is 0. The van der Waals surface area contributed by atoms with Crippen molar-refractivity contribution in [2.45, 2.75) is 46.1 Å². The molecule has 1 aromatic rings. The number of benzene rings is 1. The summed E-state index contributed by atoms with van der Waals surface area (Å²) in [6, 6.07) is 6.43. The monoisotopic (exact) mass is 263 g/mol. The lowest BCUT2D eigenvalue weighted by Gasteiger charge is -2.27. The summed E-state index contributed by atoms with van der Waals surface area (Å²) in [5.41, 5.74) is 7.63. The molecule has 0 bridgehead atoms. The second-order valence-electron chi connectivity index (χ2n) is 6.34. The summed E-state index contributed by atoms with van der Waals surface area (Å²) in [5.74, 6) is 1.74. The highest BCUT2D eigenvalue weighted by Crippen LogP contribution is 2.31. The molecule has 106 valence electrons. The fourth-order valence-corrected chi connectivity index (χ4v) is 2.12. The van der Waals surface area contributed by atoms with Gasteiger partial charge < -0.3 is 15.2 Å². The number of fused-ring (bicyclic) bond motifs is 1. The zero-order valence-electron chi connectivity index (χ0n) is 12.2. The molecule has 1 aromatic carbocycles. The predicted octanol–water partition coefficient (Wildman–Crippen LogP) is 3.15. The lowest BCUT2D eigenvalue weighted by molar-refractivity contribution is 0.296. The Morgan fingerprint density at radius 3 is 2.53 bits per heavy atom. The highest BCUT2D eigenvalue weighted by molar-refractivity contribution is 5.43. The molecule has 1 atom stereocenters. The molecule has 0 amide bonds. The van der Waals surface area contributed by atoms with Gasteiger partial charge in [-0.2, -0.15) is 0 Å². The van der Waals surface area contributed by atoms with E-state index < -0.39 is 0 Å². The van der Waals surface area contributed by atoms with Gasteiger partial charge in [-0.15, -0.1) is 0 Å². The lowest BCUT2D eigenvalue weighted by Crippen LogP contribution is -2.35. The van der Waals surface area contributed by atoms with Crippen LogP contribution in [0.25, 0.3) is 0 Å². The number of nitrogens with two attached hydrogens (primary N) is 1. The first-order valence-corrected chi connectivity index (χ1v) is 7.11. The summed E-state index contributed by atoms with van der Waals surface area (Å²) in [4.78, 5) is 0. The van der Waals surface area contributed by atoms with Gasteiger partial charge in [0.15, 0.2) is 11.5 Å². The number of ether oxygens (including phenoxy) is 2. The third-order valence-electron chi connectivity index (χ3n) is 3.67. The third-order valence-corrected chi connectivity index (χ3v) is 3.67. The molecule has 0 aliphatic carbocycles. The molecule has 1 unspecified atom stereocenters. The van der Waals surface area contributed by atoms with Crippen LogP contribution in [0.4, 0.5) is 0 Å². The molecule has 0 saturated carbocycles. The number of aryl methyl sites for hydroxylation is 1. The third kappa shape index (κ3) is 3.87. The Hall–Kier alpha value is -1.22.